The van der Waals surface area contributed by atoms with E-state index in [-0.39, 0.29) is 18.4 Å². The largest absolute Gasteiger partial charge is 0.347 e. The van der Waals surface area contributed by atoms with Gasteiger partial charge in [0, 0.05) is 20.5 Å². The minimum atomic E-state index is -0.609. The smallest absolute Gasteiger partial charge is 0.252 e. The van der Waals surface area contributed by atoms with Gasteiger partial charge in [-0.1, -0.05) is 19.8 Å². The summed E-state index contributed by atoms with van der Waals surface area (Å²) in [5.74, 6) is 6.06. The summed E-state index contributed by atoms with van der Waals surface area (Å²) in [5, 5.41) is 11.0. The molecule has 1 aliphatic rings. The SMILES string of the molecule is CCc1nc(N(C)C)nc(N(N)C(=O)C(CN(O)C=O)C2CCCC2)n1. The second-order valence-corrected chi connectivity index (χ2v) is 6.69. The Bertz CT molecular complexity index is 634. The quantitative estimate of drug-likeness (QED) is 0.222. The first-order valence-corrected chi connectivity index (χ1v) is 8.79. The number of rotatable bonds is 8. The number of carbonyl (C=O) groups is 2. The fourth-order valence-electron chi connectivity index (χ4n) is 3.17. The molecule has 3 N–H and O–H groups in total. The predicted octanol–water partition coefficient (Wildman–Crippen LogP) is 0.361. The summed E-state index contributed by atoms with van der Waals surface area (Å²) in [5.41, 5.74) is 0. The minimum Gasteiger partial charge on any atom is -0.347 e. The molecule has 0 radical (unpaired) electrons. The molecule has 0 bridgehead atoms. The molecule has 1 aromatic heterocycles. The Kier molecular flexibility index (Phi) is 6.81. The molecule has 0 aromatic carbocycles. The molecule has 10 nitrogen and oxygen atoms in total. The van der Waals surface area contributed by atoms with Crippen molar-refractivity contribution in [2.75, 3.05) is 30.5 Å². The number of aromatic nitrogens is 3. The molecule has 1 aromatic rings. The fraction of sp³-hybridized carbons (Fsp3) is 0.688. The Morgan fingerprint density at radius 1 is 1.27 bits per heavy atom. The number of hydroxylamine groups is 2. The van der Waals surface area contributed by atoms with Crippen molar-refractivity contribution in [2.24, 2.45) is 17.7 Å². The van der Waals surface area contributed by atoms with Crippen LogP contribution < -0.4 is 15.8 Å². The molecule has 144 valence electrons. The van der Waals surface area contributed by atoms with Crippen molar-refractivity contribution in [1.29, 1.82) is 0 Å². The molecule has 1 fully saturated rings. The van der Waals surface area contributed by atoms with Crippen LogP contribution in [0.15, 0.2) is 0 Å². The second kappa shape index (κ2) is 8.86. The van der Waals surface area contributed by atoms with Gasteiger partial charge in [0.1, 0.15) is 5.82 Å². The topological polar surface area (TPSA) is 129 Å². The van der Waals surface area contributed by atoms with Crippen LogP contribution in [-0.2, 0) is 16.0 Å². The number of anilines is 2. The van der Waals surface area contributed by atoms with Gasteiger partial charge in [0.2, 0.25) is 18.3 Å². The summed E-state index contributed by atoms with van der Waals surface area (Å²) in [6.07, 6.45) is 4.61. The molecule has 0 spiro atoms. The number of carbonyl (C=O) groups excluding carboxylic acids is 2. The number of nitrogens with zero attached hydrogens (tertiary/aromatic N) is 6. The van der Waals surface area contributed by atoms with Crippen LogP contribution in [0.2, 0.25) is 0 Å². The van der Waals surface area contributed by atoms with Crippen LogP contribution in [0.1, 0.15) is 38.4 Å². The summed E-state index contributed by atoms with van der Waals surface area (Å²) in [6, 6.07) is 0. The standard InChI is InChI=1S/C16H27N7O3/c1-4-13-18-15(21(2)3)20-16(19-13)23(17)14(25)12(9-22(26)10-24)11-7-5-6-8-11/h10-12,26H,4-9,17H2,1-3H3. The van der Waals surface area contributed by atoms with E-state index >= 15 is 0 Å². The van der Waals surface area contributed by atoms with Crippen LogP contribution in [0.3, 0.4) is 0 Å². The Labute approximate surface area is 152 Å². The lowest BCUT2D eigenvalue weighted by molar-refractivity contribution is -0.155. The molecule has 0 saturated heterocycles. The predicted molar refractivity (Wildman–Crippen MR) is 95.2 cm³/mol. The Hall–Kier alpha value is -2.33. The van der Waals surface area contributed by atoms with E-state index in [2.05, 4.69) is 15.0 Å². The summed E-state index contributed by atoms with van der Waals surface area (Å²) < 4.78 is 0. The molecule has 1 aliphatic carbocycles. The second-order valence-electron chi connectivity index (χ2n) is 6.69. The number of hydrazine groups is 1. The highest BCUT2D eigenvalue weighted by Gasteiger charge is 2.35. The maximum absolute atomic E-state index is 13.0. The van der Waals surface area contributed by atoms with Crippen LogP contribution >= 0.6 is 0 Å². The first-order chi connectivity index (χ1) is 12.4. The lowest BCUT2D eigenvalue weighted by atomic mass is 9.89. The van der Waals surface area contributed by atoms with E-state index in [1.165, 1.54) is 0 Å². The van der Waals surface area contributed by atoms with E-state index in [0.29, 0.717) is 29.7 Å². The molecular weight excluding hydrogens is 338 g/mol. The Morgan fingerprint density at radius 2 is 1.88 bits per heavy atom. The van der Waals surface area contributed by atoms with E-state index in [1.807, 2.05) is 6.92 Å². The molecule has 1 saturated carbocycles. The third kappa shape index (κ3) is 4.64. The van der Waals surface area contributed by atoms with Gasteiger partial charge in [-0.25, -0.2) is 15.9 Å². The van der Waals surface area contributed by atoms with E-state index in [0.717, 1.165) is 30.7 Å². The van der Waals surface area contributed by atoms with Gasteiger partial charge in [0.05, 0.1) is 12.5 Å². The number of nitrogens with two attached hydrogens (primary N) is 1. The lowest BCUT2D eigenvalue weighted by Gasteiger charge is -2.28. The van der Waals surface area contributed by atoms with Crippen LogP contribution in [0.5, 0.6) is 0 Å². The van der Waals surface area contributed by atoms with Gasteiger partial charge in [-0.15, -0.1) is 0 Å². The zero-order valence-corrected chi connectivity index (χ0v) is 15.5. The normalized spacial score (nSPS) is 15.6. The fourth-order valence-corrected chi connectivity index (χ4v) is 3.17. The molecule has 1 heterocycles. The van der Waals surface area contributed by atoms with Crippen LogP contribution in [0.4, 0.5) is 11.9 Å². The first kappa shape index (κ1) is 20.0. The van der Waals surface area contributed by atoms with Gasteiger partial charge in [-0.05, 0) is 18.8 Å². The van der Waals surface area contributed by atoms with Crippen molar-refractivity contribution in [3.05, 3.63) is 5.82 Å². The van der Waals surface area contributed by atoms with Crippen molar-refractivity contribution in [2.45, 2.75) is 39.0 Å². The lowest BCUT2D eigenvalue weighted by Crippen LogP contribution is -2.48. The Morgan fingerprint density at radius 3 is 2.42 bits per heavy atom. The highest BCUT2D eigenvalue weighted by molar-refractivity contribution is 5.92. The van der Waals surface area contributed by atoms with E-state index in [4.69, 9.17) is 5.84 Å². The van der Waals surface area contributed by atoms with Crippen LogP contribution in [0.25, 0.3) is 0 Å². The third-order valence-corrected chi connectivity index (χ3v) is 4.62. The molecular formula is C16H27N7O3. The number of hydrogen-bond acceptors (Lipinski definition) is 8. The molecule has 10 heteroatoms. The molecule has 2 amide bonds. The molecule has 2 rings (SSSR count). The summed E-state index contributed by atoms with van der Waals surface area (Å²) in [4.78, 5) is 38.3. The third-order valence-electron chi connectivity index (χ3n) is 4.62. The highest BCUT2D eigenvalue weighted by Crippen LogP contribution is 2.33. The minimum absolute atomic E-state index is 0.0592. The van der Waals surface area contributed by atoms with E-state index in [9.17, 15) is 14.8 Å². The van der Waals surface area contributed by atoms with Crippen molar-refractivity contribution in [1.82, 2.24) is 20.0 Å². The van der Waals surface area contributed by atoms with Crippen molar-refractivity contribution in [3.63, 3.8) is 0 Å². The summed E-state index contributed by atoms with van der Waals surface area (Å²) in [7, 11) is 3.58. The van der Waals surface area contributed by atoms with Crippen molar-refractivity contribution >= 4 is 24.2 Å². The first-order valence-electron chi connectivity index (χ1n) is 8.79. The molecule has 0 aliphatic heterocycles. The van der Waals surface area contributed by atoms with Crippen LogP contribution in [0, 0.1) is 11.8 Å². The van der Waals surface area contributed by atoms with Gasteiger partial charge in [0.15, 0.2) is 0 Å². The number of aryl methyl sites for hydroxylation is 1. The molecule has 26 heavy (non-hydrogen) atoms. The van der Waals surface area contributed by atoms with E-state index in [1.54, 1.807) is 19.0 Å². The van der Waals surface area contributed by atoms with Gasteiger partial charge in [-0.3, -0.25) is 14.8 Å². The van der Waals surface area contributed by atoms with Gasteiger partial charge in [-0.2, -0.15) is 15.0 Å². The van der Waals surface area contributed by atoms with E-state index < -0.39 is 11.8 Å². The van der Waals surface area contributed by atoms with Crippen molar-refractivity contribution in [3.8, 4) is 0 Å². The van der Waals surface area contributed by atoms with Crippen molar-refractivity contribution < 1.29 is 14.8 Å². The number of hydrogen-bond donors (Lipinski definition) is 2. The van der Waals surface area contributed by atoms with Gasteiger partial charge >= 0.3 is 0 Å². The zero-order valence-electron chi connectivity index (χ0n) is 15.5. The Balaban J connectivity index is 2.29. The highest BCUT2D eigenvalue weighted by atomic mass is 16.5. The number of amides is 2. The molecule has 1 unspecified atom stereocenters. The summed E-state index contributed by atoms with van der Waals surface area (Å²) >= 11 is 0. The molecule has 1 atom stereocenters. The summed E-state index contributed by atoms with van der Waals surface area (Å²) in [6.45, 7) is 1.79. The van der Waals surface area contributed by atoms with Gasteiger partial charge in [0.25, 0.3) is 5.95 Å². The average molecular weight is 365 g/mol. The average Bonchev–Trinajstić information content (AvgIpc) is 3.18. The zero-order chi connectivity index (χ0) is 19.3. The van der Waals surface area contributed by atoms with Crippen LogP contribution in [-0.4, -0.2) is 58.2 Å². The van der Waals surface area contributed by atoms with Gasteiger partial charge < -0.3 is 4.90 Å². The monoisotopic (exact) mass is 365 g/mol. The maximum atomic E-state index is 13.0. The maximum Gasteiger partial charge on any atom is 0.252 e.